The molecule has 0 radical (unpaired) electrons. The Bertz CT molecular complexity index is 836. The lowest BCUT2D eigenvalue weighted by atomic mass is 9.87. The van der Waals surface area contributed by atoms with Gasteiger partial charge in [0.2, 0.25) is 5.60 Å². The number of fused-ring (bicyclic) bond motifs is 1. The van der Waals surface area contributed by atoms with E-state index in [0.29, 0.717) is 30.1 Å². The van der Waals surface area contributed by atoms with Gasteiger partial charge in [0.1, 0.15) is 17.2 Å². The summed E-state index contributed by atoms with van der Waals surface area (Å²) in [5.74, 6) is 1.12. The maximum Gasteiger partial charge on any atom is 0.355 e. The third-order valence-electron chi connectivity index (χ3n) is 5.18. The monoisotopic (exact) mass is 340 g/mol. The first-order valence-corrected chi connectivity index (χ1v) is 8.52. The quantitative estimate of drug-likeness (QED) is 0.653. The van der Waals surface area contributed by atoms with E-state index in [0.717, 1.165) is 27.8 Å². The highest BCUT2D eigenvalue weighted by Crippen LogP contribution is 2.43. The van der Waals surface area contributed by atoms with Crippen LogP contribution in [0, 0.1) is 27.7 Å². The molecule has 1 N–H and O–H groups in total. The maximum absolute atomic E-state index is 12.7. The third kappa shape index (κ3) is 2.97. The van der Waals surface area contributed by atoms with Crippen LogP contribution in [0.1, 0.15) is 41.2 Å². The highest BCUT2D eigenvalue weighted by molar-refractivity contribution is 5.82. The van der Waals surface area contributed by atoms with Crippen LogP contribution in [0.5, 0.6) is 17.2 Å². The number of phenols is 1. The largest absolute Gasteiger partial charge is 0.507 e. The number of carbonyl (C=O) groups excluding carboxylic acids is 1. The second kappa shape index (κ2) is 6.10. The van der Waals surface area contributed by atoms with E-state index in [9.17, 15) is 9.90 Å². The minimum Gasteiger partial charge on any atom is -0.507 e. The van der Waals surface area contributed by atoms with Crippen molar-refractivity contribution in [3.05, 3.63) is 52.1 Å². The Morgan fingerprint density at radius 2 is 1.72 bits per heavy atom. The molecule has 1 aliphatic rings. The van der Waals surface area contributed by atoms with E-state index in [2.05, 4.69) is 0 Å². The number of rotatable bonds is 2. The molecule has 1 heterocycles. The summed E-state index contributed by atoms with van der Waals surface area (Å²) in [6.45, 7) is 9.40. The van der Waals surface area contributed by atoms with Crippen LogP contribution in [0.25, 0.3) is 0 Å². The maximum atomic E-state index is 12.7. The van der Waals surface area contributed by atoms with Crippen LogP contribution in [-0.2, 0) is 11.2 Å². The molecule has 1 atom stereocenters. The SMILES string of the molecule is Cc1ccc(OC(=O)C2(C)CCc3c(C)c(O)c(C)c(C)c3O2)cc1. The number of benzene rings is 2. The standard InChI is InChI=1S/C21H24O4/c1-12-6-8-16(9-7-12)24-20(23)21(5)11-10-17-15(4)18(22)13(2)14(3)19(17)25-21/h6-9,22H,10-11H2,1-5H3. The van der Waals surface area contributed by atoms with Crippen molar-refractivity contribution in [1.29, 1.82) is 0 Å². The highest BCUT2D eigenvalue weighted by atomic mass is 16.6. The van der Waals surface area contributed by atoms with Crippen LogP contribution in [0.4, 0.5) is 0 Å². The number of esters is 1. The van der Waals surface area contributed by atoms with Gasteiger partial charge in [0.15, 0.2) is 0 Å². The zero-order chi connectivity index (χ0) is 18.4. The van der Waals surface area contributed by atoms with Gasteiger partial charge in [-0.3, -0.25) is 0 Å². The van der Waals surface area contributed by atoms with Crippen molar-refractivity contribution < 1.29 is 19.4 Å². The highest BCUT2D eigenvalue weighted by Gasteiger charge is 2.42. The molecule has 0 aliphatic carbocycles. The molecule has 0 saturated heterocycles. The number of hydrogen-bond donors (Lipinski definition) is 1. The molecular weight excluding hydrogens is 316 g/mol. The van der Waals surface area contributed by atoms with Gasteiger partial charge in [-0.15, -0.1) is 0 Å². The molecule has 0 amide bonds. The molecule has 0 saturated carbocycles. The molecule has 25 heavy (non-hydrogen) atoms. The summed E-state index contributed by atoms with van der Waals surface area (Å²) in [7, 11) is 0. The van der Waals surface area contributed by atoms with Crippen molar-refractivity contribution in [3.8, 4) is 17.2 Å². The normalized spacial score (nSPS) is 19.1. The zero-order valence-electron chi connectivity index (χ0n) is 15.4. The molecule has 4 nitrogen and oxygen atoms in total. The Labute approximate surface area is 148 Å². The van der Waals surface area contributed by atoms with E-state index in [1.165, 1.54) is 0 Å². The van der Waals surface area contributed by atoms with E-state index in [1.54, 1.807) is 19.1 Å². The van der Waals surface area contributed by atoms with Gasteiger partial charge in [-0.25, -0.2) is 4.79 Å². The van der Waals surface area contributed by atoms with Gasteiger partial charge in [-0.2, -0.15) is 0 Å². The number of ether oxygens (including phenoxy) is 2. The molecule has 0 spiro atoms. The predicted octanol–water partition coefficient (Wildman–Crippen LogP) is 4.32. The van der Waals surface area contributed by atoms with E-state index in [4.69, 9.17) is 9.47 Å². The number of hydrogen-bond acceptors (Lipinski definition) is 4. The first-order valence-electron chi connectivity index (χ1n) is 8.52. The Morgan fingerprint density at radius 3 is 2.36 bits per heavy atom. The second-order valence-corrected chi connectivity index (χ2v) is 7.07. The lowest BCUT2D eigenvalue weighted by molar-refractivity contribution is -0.152. The predicted molar refractivity (Wildman–Crippen MR) is 96.5 cm³/mol. The Balaban J connectivity index is 1.90. The molecule has 0 bridgehead atoms. The lowest BCUT2D eigenvalue weighted by Crippen LogP contribution is -2.47. The van der Waals surface area contributed by atoms with Crippen LogP contribution in [0.15, 0.2) is 24.3 Å². The number of carbonyl (C=O) groups is 1. The summed E-state index contributed by atoms with van der Waals surface area (Å²) in [6, 6.07) is 7.37. The van der Waals surface area contributed by atoms with E-state index >= 15 is 0 Å². The summed E-state index contributed by atoms with van der Waals surface area (Å²) >= 11 is 0. The van der Waals surface area contributed by atoms with Crippen molar-refractivity contribution in [1.82, 2.24) is 0 Å². The van der Waals surface area contributed by atoms with Crippen LogP contribution in [0.2, 0.25) is 0 Å². The van der Waals surface area contributed by atoms with Gasteiger partial charge < -0.3 is 14.6 Å². The molecule has 1 unspecified atom stereocenters. The fraction of sp³-hybridized carbons (Fsp3) is 0.381. The van der Waals surface area contributed by atoms with Crippen LogP contribution >= 0.6 is 0 Å². The molecule has 0 fully saturated rings. The first kappa shape index (κ1) is 17.3. The smallest absolute Gasteiger partial charge is 0.355 e. The summed E-state index contributed by atoms with van der Waals surface area (Å²) in [4.78, 5) is 12.7. The summed E-state index contributed by atoms with van der Waals surface area (Å²) in [6.07, 6.45) is 1.17. The second-order valence-electron chi connectivity index (χ2n) is 7.07. The number of aryl methyl sites for hydroxylation is 1. The number of aromatic hydroxyl groups is 1. The van der Waals surface area contributed by atoms with Crippen LogP contribution in [0.3, 0.4) is 0 Å². The van der Waals surface area contributed by atoms with Gasteiger partial charge in [-0.05, 0) is 69.9 Å². The van der Waals surface area contributed by atoms with Crippen molar-refractivity contribution in [2.24, 2.45) is 0 Å². The van der Waals surface area contributed by atoms with Crippen molar-refractivity contribution in [2.45, 2.75) is 53.1 Å². The Hall–Kier alpha value is -2.49. The molecular formula is C21H24O4. The van der Waals surface area contributed by atoms with E-state index in [1.807, 2.05) is 39.8 Å². The summed E-state index contributed by atoms with van der Waals surface area (Å²) in [5, 5.41) is 10.3. The molecule has 2 aromatic rings. The van der Waals surface area contributed by atoms with Crippen molar-refractivity contribution >= 4 is 5.97 Å². The topological polar surface area (TPSA) is 55.8 Å². The van der Waals surface area contributed by atoms with Crippen molar-refractivity contribution in [3.63, 3.8) is 0 Å². The Morgan fingerprint density at radius 1 is 1.08 bits per heavy atom. The van der Waals surface area contributed by atoms with E-state index < -0.39 is 11.6 Å². The molecule has 2 aromatic carbocycles. The molecule has 1 aliphatic heterocycles. The number of phenolic OH excluding ortho intramolecular Hbond substituents is 1. The molecule has 3 rings (SSSR count). The van der Waals surface area contributed by atoms with Crippen molar-refractivity contribution in [2.75, 3.05) is 0 Å². The zero-order valence-corrected chi connectivity index (χ0v) is 15.4. The third-order valence-corrected chi connectivity index (χ3v) is 5.18. The molecule has 4 heteroatoms. The Kier molecular flexibility index (Phi) is 4.23. The minimum atomic E-state index is -1.04. The van der Waals surface area contributed by atoms with Gasteiger partial charge >= 0.3 is 5.97 Å². The molecule has 132 valence electrons. The summed E-state index contributed by atoms with van der Waals surface area (Å²) in [5.41, 5.74) is 3.52. The fourth-order valence-corrected chi connectivity index (χ4v) is 3.21. The minimum absolute atomic E-state index is 0.311. The van der Waals surface area contributed by atoms with Gasteiger partial charge in [0.25, 0.3) is 0 Å². The van der Waals surface area contributed by atoms with Gasteiger partial charge in [-0.1, -0.05) is 17.7 Å². The first-order chi connectivity index (χ1) is 11.7. The average molecular weight is 340 g/mol. The van der Waals surface area contributed by atoms with Crippen LogP contribution in [-0.4, -0.2) is 16.7 Å². The van der Waals surface area contributed by atoms with Crippen LogP contribution < -0.4 is 9.47 Å². The van der Waals surface area contributed by atoms with E-state index in [-0.39, 0.29) is 0 Å². The van der Waals surface area contributed by atoms with Gasteiger partial charge in [0, 0.05) is 12.0 Å². The fourth-order valence-electron chi connectivity index (χ4n) is 3.21. The molecule has 0 aromatic heterocycles. The lowest BCUT2D eigenvalue weighted by Gasteiger charge is -2.35. The average Bonchev–Trinajstić information content (AvgIpc) is 2.60. The summed E-state index contributed by atoms with van der Waals surface area (Å²) < 4.78 is 11.7. The van der Waals surface area contributed by atoms with Gasteiger partial charge in [0.05, 0.1) is 0 Å².